The third-order valence-electron chi connectivity index (χ3n) is 3.33. The molecule has 23 heavy (non-hydrogen) atoms. The highest BCUT2D eigenvalue weighted by Gasteiger charge is 2.14. The molecule has 4 nitrogen and oxygen atoms in total. The van der Waals surface area contributed by atoms with Crippen molar-refractivity contribution in [2.24, 2.45) is 0 Å². The van der Waals surface area contributed by atoms with Crippen molar-refractivity contribution in [3.05, 3.63) is 63.5 Å². The van der Waals surface area contributed by atoms with Crippen LogP contribution in [0.2, 0.25) is 5.02 Å². The van der Waals surface area contributed by atoms with Crippen LogP contribution in [0, 0.1) is 6.92 Å². The Kier molecular flexibility index (Phi) is 4.26. The van der Waals surface area contributed by atoms with Crippen LogP contribution < -0.4 is 14.9 Å². The number of fused-ring (bicyclic) bond motifs is 1. The van der Waals surface area contributed by atoms with Crippen LogP contribution in [0.3, 0.4) is 0 Å². The molecule has 118 valence electrons. The van der Waals surface area contributed by atoms with Gasteiger partial charge in [-0.2, -0.15) is 0 Å². The first-order chi connectivity index (χ1) is 11.1. The normalized spacial score (nSPS) is 10.7. The Morgan fingerprint density at radius 1 is 1.09 bits per heavy atom. The molecule has 0 unspecified atom stereocenters. The first-order valence-corrected chi connectivity index (χ1v) is 7.60. The third kappa shape index (κ3) is 3.17. The van der Waals surface area contributed by atoms with E-state index in [2.05, 4.69) is 0 Å². The van der Waals surface area contributed by atoms with Gasteiger partial charge in [-0.05, 0) is 50.2 Å². The molecular formula is C18H15ClO4. The summed E-state index contributed by atoms with van der Waals surface area (Å²) in [6.45, 7) is 4.14. The maximum Gasteiger partial charge on any atom is 0.235 e. The van der Waals surface area contributed by atoms with Gasteiger partial charge < -0.3 is 13.9 Å². The monoisotopic (exact) mass is 330 g/mol. The molecule has 3 aromatic rings. The molecule has 0 aliphatic rings. The Morgan fingerprint density at radius 3 is 2.48 bits per heavy atom. The van der Waals surface area contributed by atoms with Crippen LogP contribution in [0.1, 0.15) is 12.7 Å². The fourth-order valence-electron chi connectivity index (χ4n) is 2.26. The maximum atomic E-state index is 12.6. The summed E-state index contributed by atoms with van der Waals surface area (Å²) in [7, 11) is 0. The van der Waals surface area contributed by atoms with E-state index in [0.717, 1.165) is 0 Å². The van der Waals surface area contributed by atoms with Gasteiger partial charge in [0.25, 0.3) is 0 Å². The molecule has 0 spiro atoms. The first kappa shape index (κ1) is 15.4. The third-order valence-corrected chi connectivity index (χ3v) is 3.58. The molecular weight excluding hydrogens is 316 g/mol. The lowest BCUT2D eigenvalue weighted by Crippen LogP contribution is -2.07. The summed E-state index contributed by atoms with van der Waals surface area (Å²) in [6.07, 6.45) is 0. The molecule has 0 radical (unpaired) electrons. The lowest BCUT2D eigenvalue weighted by molar-refractivity contribution is 0.340. The SMILES string of the molecule is CCOc1ccc2c(=O)c(Oc3ccc(Cl)cc3)c(C)oc2c1. The van der Waals surface area contributed by atoms with E-state index in [4.69, 9.17) is 25.5 Å². The van der Waals surface area contributed by atoms with Gasteiger partial charge in [-0.1, -0.05) is 11.6 Å². The lowest BCUT2D eigenvalue weighted by Gasteiger charge is -2.10. The highest BCUT2D eigenvalue weighted by Crippen LogP contribution is 2.27. The minimum atomic E-state index is -0.221. The summed E-state index contributed by atoms with van der Waals surface area (Å²) in [6, 6.07) is 11.9. The van der Waals surface area contributed by atoms with Crippen LogP contribution in [0.4, 0.5) is 0 Å². The van der Waals surface area contributed by atoms with Crippen molar-refractivity contribution in [2.75, 3.05) is 6.61 Å². The summed E-state index contributed by atoms with van der Waals surface area (Å²) >= 11 is 5.85. The Hall–Kier alpha value is -2.46. The van der Waals surface area contributed by atoms with Crippen LogP contribution in [0.25, 0.3) is 11.0 Å². The second-order valence-corrected chi connectivity index (χ2v) is 5.40. The van der Waals surface area contributed by atoms with Crippen molar-refractivity contribution in [2.45, 2.75) is 13.8 Å². The Balaban J connectivity index is 2.05. The zero-order valence-electron chi connectivity index (χ0n) is 12.8. The van der Waals surface area contributed by atoms with E-state index in [1.165, 1.54) is 0 Å². The standard InChI is InChI=1S/C18H15ClO4/c1-3-21-14-8-9-15-16(10-14)22-11(2)18(17(15)20)23-13-6-4-12(19)5-7-13/h4-10H,3H2,1-2H3. The van der Waals surface area contributed by atoms with Crippen molar-refractivity contribution in [3.63, 3.8) is 0 Å². The van der Waals surface area contributed by atoms with E-state index in [0.29, 0.717) is 39.9 Å². The fourth-order valence-corrected chi connectivity index (χ4v) is 2.39. The highest BCUT2D eigenvalue weighted by atomic mass is 35.5. The topological polar surface area (TPSA) is 48.7 Å². The molecule has 1 aromatic heterocycles. The van der Waals surface area contributed by atoms with E-state index >= 15 is 0 Å². The molecule has 0 saturated carbocycles. The van der Waals surface area contributed by atoms with Gasteiger partial charge in [0, 0.05) is 11.1 Å². The van der Waals surface area contributed by atoms with E-state index in [-0.39, 0.29) is 11.2 Å². The quantitative estimate of drug-likeness (QED) is 0.679. The van der Waals surface area contributed by atoms with Gasteiger partial charge >= 0.3 is 0 Å². The number of hydrogen-bond donors (Lipinski definition) is 0. The van der Waals surface area contributed by atoms with Gasteiger partial charge in [-0.15, -0.1) is 0 Å². The van der Waals surface area contributed by atoms with Crippen LogP contribution in [0.5, 0.6) is 17.2 Å². The number of ether oxygens (including phenoxy) is 2. The first-order valence-electron chi connectivity index (χ1n) is 7.22. The van der Waals surface area contributed by atoms with Crippen LogP contribution >= 0.6 is 11.6 Å². The van der Waals surface area contributed by atoms with Crippen LogP contribution in [0.15, 0.2) is 51.7 Å². The van der Waals surface area contributed by atoms with Crippen molar-refractivity contribution in [3.8, 4) is 17.2 Å². The van der Waals surface area contributed by atoms with Gasteiger partial charge in [-0.3, -0.25) is 4.79 Å². The van der Waals surface area contributed by atoms with Crippen molar-refractivity contribution >= 4 is 22.6 Å². The Labute approximate surface area is 138 Å². The molecule has 0 atom stereocenters. The molecule has 0 saturated heterocycles. The number of halogens is 1. The predicted molar refractivity (Wildman–Crippen MR) is 89.9 cm³/mol. The second kappa shape index (κ2) is 6.34. The van der Waals surface area contributed by atoms with Crippen molar-refractivity contribution in [1.82, 2.24) is 0 Å². The number of aryl methyl sites for hydroxylation is 1. The molecule has 0 bridgehead atoms. The molecule has 2 aromatic carbocycles. The molecule has 0 aliphatic heterocycles. The molecule has 5 heteroatoms. The Bertz CT molecular complexity index is 897. The molecule has 0 aliphatic carbocycles. The number of benzene rings is 2. The van der Waals surface area contributed by atoms with Gasteiger partial charge in [0.1, 0.15) is 22.8 Å². The molecule has 3 rings (SSSR count). The zero-order valence-corrected chi connectivity index (χ0v) is 13.5. The summed E-state index contributed by atoms with van der Waals surface area (Å²) < 4.78 is 16.8. The summed E-state index contributed by atoms with van der Waals surface area (Å²) in [5.74, 6) is 1.76. The lowest BCUT2D eigenvalue weighted by atomic mass is 10.2. The van der Waals surface area contributed by atoms with E-state index in [9.17, 15) is 4.79 Å². The average Bonchev–Trinajstić information content (AvgIpc) is 2.53. The van der Waals surface area contributed by atoms with E-state index in [1.54, 1.807) is 49.4 Å². The maximum absolute atomic E-state index is 12.6. The highest BCUT2D eigenvalue weighted by molar-refractivity contribution is 6.30. The number of hydrogen-bond acceptors (Lipinski definition) is 4. The predicted octanol–water partition coefficient (Wildman–Crippen LogP) is 4.95. The number of rotatable bonds is 4. The van der Waals surface area contributed by atoms with Gasteiger partial charge in [0.05, 0.1) is 12.0 Å². The Morgan fingerprint density at radius 2 is 1.78 bits per heavy atom. The van der Waals surface area contributed by atoms with Crippen LogP contribution in [-0.4, -0.2) is 6.61 Å². The summed E-state index contributed by atoms with van der Waals surface area (Å²) in [4.78, 5) is 12.6. The van der Waals surface area contributed by atoms with Gasteiger partial charge in [0.2, 0.25) is 11.2 Å². The minimum Gasteiger partial charge on any atom is -0.494 e. The molecule has 0 fully saturated rings. The molecule has 1 heterocycles. The van der Waals surface area contributed by atoms with E-state index in [1.807, 2.05) is 6.92 Å². The van der Waals surface area contributed by atoms with Crippen molar-refractivity contribution in [1.29, 1.82) is 0 Å². The van der Waals surface area contributed by atoms with E-state index < -0.39 is 0 Å². The minimum absolute atomic E-state index is 0.170. The fraction of sp³-hybridized carbons (Fsp3) is 0.167. The second-order valence-electron chi connectivity index (χ2n) is 4.96. The van der Waals surface area contributed by atoms with Gasteiger partial charge in [0.15, 0.2) is 0 Å². The largest absolute Gasteiger partial charge is 0.494 e. The van der Waals surface area contributed by atoms with Crippen molar-refractivity contribution < 1.29 is 13.9 Å². The molecule has 0 amide bonds. The van der Waals surface area contributed by atoms with Crippen LogP contribution in [-0.2, 0) is 0 Å². The average molecular weight is 331 g/mol. The summed E-state index contributed by atoms with van der Waals surface area (Å²) in [5, 5.41) is 1.05. The summed E-state index contributed by atoms with van der Waals surface area (Å²) in [5.41, 5.74) is 0.253. The molecule has 0 N–H and O–H groups in total. The zero-order chi connectivity index (χ0) is 16.4. The smallest absolute Gasteiger partial charge is 0.235 e. The van der Waals surface area contributed by atoms with Gasteiger partial charge in [-0.25, -0.2) is 0 Å².